The topological polar surface area (TPSA) is 91.3 Å². The largest absolute Gasteiger partial charge is 0.398 e. The van der Waals surface area contributed by atoms with Gasteiger partial charge in [-0.25, -0.2) is 0 Å². The first kappa shape index (κ1) is 12.3. The Kier molecular flexibility index (Phi) is 4.58. The minimum Gasteiger partial charge on any atom is -0.398 e. The lowest BCUT2D eigenvalue weighted by atomic mass is 10.2. The van der Waals surface area contributed by atoms with Crippen LogP contribution in [0.1, 0.15) is 5.56 Å². The molecule has 1 rings (SSSR count). The van der Waals surface area contributed by atoms with E-state index in [0.29, 0.717) is 17.8 Å². The van der Waals surface area contributed by atoms with E-state index in [4.69, 9.17) is 15.7 Å². The monoisotopic (exact) mass is 221 g/mol. The molecule has 0 aromatic heterocycles. The lowest BCUT2D eigenvalue weighted by molar-refractivity contribution is 0.0727. The van der Waals surface area contributed by atoms with E-state index >= 15 is 0 Å². The van der Waals surface area contributed by atoms with Crippen LogP contribution in [0.3, 0.4) is 0 Å². The first-order valence-corrected chi connectivity index (χ1v) is 4.88. The van der Waals surface area contributed by atoms with Crippen molar-refractivity contribution in [3.05, 3.63) is 23.8 Å². The van der Waals surface area contributed by atoms with Crippen molar-refractivity contribution in [1.82, 2.24) is 0 Å². The fraction of sp³-hybridized carbons (Fsp3) is 0.364. The Morgan fingerprint density at radius 2 is 2.38 bits per heavy atom. The number of nitrogens with two attached hydrogens (primary N) is 1. The SMILES string of the molecule is COCC(O)CNc1ccc(N)c(C#N)c1. The fourth-order valence-corrected chi connectivity index (χ4v) is 1.25. The lowest BCUT2D eigenvalue weighted by Crippen LogP contribution is -2.24. The van der Waals surface area contributed by atoms with Crippen LogP contribution in [0, 0.1) is 11.3 Å². The quantitative estimate of drug-likeness (QED) is 0.632. The zero-order chi connectivity index (χ0) is 12.0. The maximum Gasteiger partial charge on any atom is 0.101 e. The maximum atomic E-state index is 9.41. The summed E-state index contributed by atoms with van der Waals surface area (Å²) in [4.78, 5) is 0. The van der Waals surface area contributed by atoms with Crippen molar-refractivity contribution < 1.29 is 9.84 Å². The number of benzene rings is 1. The molecule has 0 spiro atoms. The predicted octanol–water partition coefficient (Wildman–Crippen LogP) is 0.560. The van der Waals surface area contributed by atoms with Crippen LogP contribution < -0.4 is 11.1 Å². The standard InChI is InChI=1S/C11H15N3O2/c1-16-7-10(15)6-14-9-2-3-11(13)8(4-9)5-12/h2-4,10,14-15H,6-7,13H2,1H3. The van der Waals surface area contributed by atoms with E-state index in [1.54, 1.807) is 18.2 Å². The summed E-state index contributed by atoms with van der Waals surface area (Å²) in [5.41, 5.74) is 7.21. The Bertz CT molecular complexity index is 387. The molecule has 0 aliphatic carbocycles. The van der Waals surface area contributed by atoms with Crippen molar-refractivity contribution in [2.75, 3.05) is 31.3 Å². The van der Waals surface area contributed by atoms with Gasteiger partial charge in [-0.05, 0) is 18.2 Å². The average Bonchev–Trinajstić information content (AvgIpc) is 2.28. The van der Waals surface area contributed by atoms with Crippen molar-refractivity contribution in [3.8, 4) is 6.07 Å². The highest BCUT2D eigenvalue weighted by Crippen LogP contribution is 2.16. The summed E-state index contributed by atoms with van der Waals surface area (Å²) in [7, 11) is 1.53. The van der Waals surface area contributed by atoms with Crippen LogP contribution in [0.15, 0.2) is 18.2 Å². The molecule has 5 nitrogen and oxygen atoms in total. The fourth-order valence-electron chi connectivity index (χ4n) is 1.25. The molecule has 0 saturated heterocycles. The van der Waals surface area contributed by atoms with Gasteiger partial charge in [0.25, 0.3) is 0 Å². The molecule has 0 radical (unpaired) electrons. The third kappa shape index (κ3) is 3.42. The molecular weight excluding hydrogens is 206 g/mol. The number of hydrogen-bond acceptors (Lipinski definition) is 5. The summed E-state index contributed by atoms with van der Waals surface area (Å²) in [5.74, 6) is 0. The number of hydrogen-bond donors (Lipinski definition) is 3. The molecule has 0 saturated carbocycles. The van der Waals surface area contributed by atoms with Crippen molar-refractivity contribution in [2.45, 2.75) is 6.10 Å². The first-order valence-electron chi connectivity index (χ1n) is 4.88. The van der Waals surface area contributed by atoms with Gasteiger partial charge in [0.1, 0.15) is 6.07 Å². The van der Waals surface area contributed by atoms with E-state index in [-0.39, 0.29) is 6.61 Å². The third-order valence-corrected chi connectivity index (χ3v) is 2.07. The summed E-state index contributed by atoms with van der Waals surface area (Å²) in [5, 5.41) is 21.2. The number of aliphatic hydroxyl groups is 1. The van der Waals surface area contributed by atoms with Gasteiger partial charge in [0, 0.05) is 25.0 Å². The van der Waals surface area contributed by atoms with Gasteiger partial charge in [0.05, 0.1) is 18.3 Å². The number of aliphatic hydroxyl groups excluding tert-OH is 1. The Balaban J connectivity index is 2.58. The molecule has 0 aliphatic rings. The number of ether oxygens (including phenoxy) is 1. The van der Waals surface area contributed by atoms with E-state index in [2.05, 4.69) is 5.32 Å². The minimum atomic E-state index is -0.576. The van der Waals surface area contributed by atoms with Gasteiger partial charge in [-0.3, -0.25) is 0 Å². The van der Waals surface area contributed by atoms with Crippen molar-refractivity contribution in [3.63, 3.8) is 0 Å². The van der Waals surface area contributed by atoms with E-state index in [1.807, 2.05) is 6.07 Å². The second kappa shape index (κ2) is 5.95. The third-order valence-electron chi connectivity index (χ3n) is 2.07. The molecule has 0 bridgehead atoms. The maximum absolute atomic E-state index is 9.41. The number of rotatable bonds is 5. The van der Waals surface area contributed by atoms with Crippen LogP contribution in [0.4, 0.5) is 11.4 Å². The number of methoxy groups -OCH3 is 1. The Hall–Kier alpha value is -1.77. The number of anilines is 2. The van der Waals surface area contributed by atoms with E-state index in [1.165, 1.54) is 7.11 Å². The molecule has 16 heavy (non-hydrogen) atoms. The van der Waals surface area contributed by atoms with Crippen LogP contribution in [0.5, 0.6) is 0 Å². The molecule has 86 valence electrons. The second-order valence-corrected chi connectivity index (χ2v) is 3.40. The summed E-state index contributed by atoms with van der Waals surface area (Å²) in [6.45, 7) is 0.635. The van der Waals surface area contributed by atoms with E-state index in [0.717, 1.165) is 5.69 Å². The molecule has 0 fully saturated rings. The smallest absolute Gasteiger partial charge is 0.101 e. The number of nitrogens with one attached hydrogen (secondary N) is 1. The molecule has 5 heteroatoms. The van der Waals surface area contributed by atoms with Gasteiger partial charge >= 0.3 is 0 Å². The Morgan fingerprint density at radius 1 is 1.62 bits per heavy atom. The molecule has 0 heterocycles. The molecule has 1 atom stereocenters. The van der Waals surface area contributed by atoms with Gasteiger partial charge in [-0.15, -0.1) is 0 Å². The summed E-state index contributed by atoms with van der Waals surface area (Å²) in [6, 6.07) is 7.06. The van der Waals surface area contributed by atoms with E-state index in [9.17, 15) is 5.11 Å². The van der Waals surface area contributed by atoms with Gasteiger partial charge in [0.15, 0.2) is 0 Å². The normalized spacial score (nSPS) is 11.8. The summed E-state index contributed by atoms with van der Waals surface area (Å²) < 4.78 is 4.79. The molecular formula is C11H15N3O2. The predicted molar refractivity (Wildman–Crippen MR) is 61.9 cm³/mol. The molecule has 4 N–H and O–H groups in total. The van der Waals surface area contributed by atoms with Gasteiger partial charge in [-0.1, -0.05) is 0 Å². The molecule has 1 aromatic rings. The van der Waals surface area contributed by atoms with E-state index < -0.39 is 6.10 Å². The van der Waals surface area contributed by atoms with Gasteiger partial charge in [-0.2, -0.15) is 5.26 Å². The highest BCUT2D eigenvalue weighted by Gasteiger charge is 2.04. The Labute approximate surface area is 94.4 Å². The molecule has 1 unspecified atom stereocenters. The van der Waals surface area contributed by atoms with Crippen LogP contribution in [-0.2, 0) is 4.74 Å². The Morgan fingerprint density at radius 3 is 3.00 bits per heavy atom. The average molecular weight is 221 g/mol. The van der Waals surface area contributed by atoms with Crippen LogP contribution in [-0.4, -0.2) is 31.5 Å². The highest BCUT2D eigenvalue weighted by atomic mass is 16.5. The van der Waals surface area contributed by atoms with Crippen molar-refractivity contribution >= 4 is 11.4 Å². The van der Waals surface area contributed by atoms with Crippen molar-refractivity contribution in [1.29, 1.82) is 5.26 Å². The number of nitriles is 1. The van der Waals surface area contributed by atoms with Crippen molar-refractivity contribution in [2.24, 2.45) is 0 Å². The van der Waals surface area contributed by atoms with Crippen LogP contribution >= 0.6 is 0 Å². The van der Waals surface area contributed by atoms with Crippen LogP contribution in [0.25, 0.3) is 0 Å². The summed E-state index contributed by atoms with van der Waals surface area (Å²) in [6.07, 6.45) is -0.576. The first-order chi connectivity index (χ1) is 7.67. The number of nitrogen functional groups attached to an aromatic ring is 1. The highest BCUT2D eigenvalue weighted by molar-refractivity contribution is 5.61. The van der Waals surface area contributed by atoms with Crippen LogP contribution in [0.2, 0.25) is 0 Å². The molecule has 0 amide bonds. The zero-order valence-electron chi connectivity index (χ0n) is 9.10. The lowest BCUT2D eigenvalue weighted by Gasteiger charge is -2.12. The molecule has 0 aliphatic heterocycles. The van der Waals surface area contributed by atoms with Gasteiger partial charge < -0.3 is 20.9 Å². The minimum absolute atomic E-state index is 0.271. The summed E-state index contributed by atoms with van der Waals surface area (Å²) >= 11 is 0. The second-order valence-electron chi connectivity index (χ2n) is 3.40. The van der Waals surface area contributed by atoms with Gasteiger partial charge in [0.2, 0.25) is 0 Å². The molecule has 1 aromatic carbocycles. The number of nitrogens with zero attached hydrogens (tertiary/aromatic N) is 1. The zero-order valence-corrected chi connectivity index (χ0v) is 9.10.